The molecule has 2 rings (SSSR count). The fraction of sp³-hybridized carbons (Fsp3) is 0.667. The molecule has 0 saturated carbocycles. The summed E-state index contributed by atoms with van der Waals surface area (Å²) in [4.78, 5) is 32.6. The van der Waals surface area contributed by atoms with Gasteiger partial charge in [0, 0.05) is 43.8 Å². The number of carbonyl (C=O) groups is 2. The standard InChI is InChI=1S/C15H24N4O2S/c1-11-14(18-10-17-11)9-22-7-5-16-15(21)13-4-3-6-19(8-13)12(2)20/h10,13H,3-9H2,1-2H3,(H,16,21)(H,17,18)/t13-/m1/s1. The lowest BCUT2D eigenvalue weighted by atomic mass is 9.97. The third-order valence-corrected chi connectivity index (χ3v) is 4.93. The van der Waals surface area contributed by atoms with Crippen LogP contribution in [0.4, 0.5) is 0 Å². The molecule has 122 valence electrons. The molecule has 6 nitrogen and oxygen atoms in total. The highest BCUT2D eigenvalue weighted by Crippen LogP contribution is 2.17. The van der Waals surface area contributed by atoms with Gasteiger partial charge in [-0.15, -0.1) is 0 Å². The first-order chi connectivity index (χ1) is 10.6. The highest BCUT2D eigenvalue weighted by Gasteiger charge is 2.26. The van der Waals surface area contributed by atoms with Crippen molar-refractivity contribution in [2.45, 2.75) is 32.4 Å². The van der Waals surface area contributed by atoms with Gasteiger partial charge in [0.15, 0.2) is 0 Å². The van der Waals surface area contributed by atoms with Crippen molar-refractivity contribution in [2.24, 2.45) is 5.92 Å². The zero-order chi connectivity index (χ0) is 15.9. The number of piperidine rings is 1. The predicted octanol–water partition coefficient (Wildman–Crippen LogP) is 1.33. The van der Waals surface area contributed by atoms with Crippen LogP contribution in [0, 0.1) is 12.8 Å². The normalized spacial score (nSPS) is 18.3. The van der Waals surface area contributed by atoms with E-state index in [9.17, 15) is 9.59 Å². The molecule has 0 unspecified atom stereocenters. The van der Waals surface area contributed by atoms with E-state index < -0.39 is 0 Å². The van der Waals surface area contributed by atoms with E-state index in [1.54, 1.807) is 29.9 Å². The third kappa shape index (κ3) is 4.76. The van der Waals surface area contributed by atoms with Crippen molar-refractivity contribution < 1.29 is 9.59 Å². The smallest absolute Gasteiger partial charge is 0.224 e. The number of rotatable bonds is 6. The number of aromatic amines is 1. The molecule has 1 aliphatic heterocycles. The van der Waals surface area contributed by atoms with Gasteiger partial charge in [-0.05, 0) is 19.8 Å². The summed E-state index contributed by atoms with van der Waals surface area (Å²) in [6.45, 7) is 5.56. The van der Waals surface area contributed by atoms with Crippen molar-refractivity contribution in [1.29, 1.82) is 0 Å². The summed E-state index contributed by atoms with van der Waals surface area (Å²) in [7, 11) is 0. The summed E-state index contributed by atoms with van der Waals surface area (Å²) in [5.74, 6) is 1.79. The lowest BCUT2D eigenvalue weighted by Crippen LogP contribution is -2.45. The molecular weight excluding hydrogens is 300 g/mol. The second-order valence-corrected chi connectivity index (χ2v) is 6.73. The Morgan fingerprint density at radius 1 is 1.55 bits per heavy atom. The monoisotopic (exact) mass is 324 g/mol. The highest BCUT2D eigenvalue weighted by atomic mass is 32.2. The zero-order valence-electron chi connectivity index (χ0n) is 13.2. The molecule has 7 heteroatoms. The van der Waals surface area contributed by atoms with Crippen LogP contribution in [-0.4, -0.2) is 52.1 Å². The number of nitrogens with zero attached hydrogens (tertiary/aromatic N) is 2. The van der Waals surface area contributed by atoms with Crippen molar-refractivity contribution in [2.75, 3.05) is 25.4 Å². The van der Waals surface area contributed by atoms with Crippen LogP contribution in [0.25, 0.3) is 0 Å². The molecule has 1 fully saturated rings. The van der Waals surface area contributed by atoms with E-state index >= 15 is 0 Å². The Balaban J connectivity index is 1.63. The fourth-order valence-electron chi connectivity index (χ4n) is 2.57. The quantitative estimate of drug-likeness (QED) is 0.774. The van der Waals surface area contributed by atoms with Gasteiger partial charge in [-0.2, -0.15) is 11.8 Å². The number of likely N-dealkylation sites (tertiary alicyclic amines) is 1. The average Bonchev–Trinajstić information content (AvgIpc) is 2.92. The van der Waals surface area contributed by atoms with Crippen LogP contribution in [0.5, 0.6) is 0 Å². The largest absolute Gasteiger partial charge is 0.355 e. The molecule has 1 aliphatic rings. The molecule has 2 N–H and O–H groups in total. The second kappa shape index (κ2) is 8.22. The summed E-state index contributed by atoms with van der Waals surface area (Å²) >= 11 is 1.76. The van der Waals surface area contributed by atoms with E-state index in [-0.39, 0.29) is 17.7 Å². The molecule has 0 aromatic carbocycles. The van der Waals surface area contributed by atoms with Crippen LogP contribution in [0.3, 0.4) is 0 Å². The molecule has 0 bridgehead atoms. The molecule has 1 saturated heterocycles. The maximum atomic E-state index is 12.1. The molecule has 1 aromatic heterocycles. The molecular formula is C15H24N4O2S. The van der Waals surface area contributed by atoms with E-state index in [2.05, 4.69) is 15.3 Å². The van der Waals surface area contributed by atoms with Gasteiger partial charge in [-0.25, -0.2) is 4.98 Å². The molecule has 1 atom stereocenters. The molecule has 1 aromatic rings. The number of imidazole rings is 1. The van der Waals surface area contributed by atoms with Gasteiger partial charge < -0.3 is 15.2 Å². The number of thioether (sulfide) groups is 1. The Morgan fingerprint density at radius 3 is 3.05 bits per heavy atom. The summed E-state index contributed by atoms with van der Waals surface area (Å²) in [6, 6.07) is 0. The molecule has 22 heavy (non-hydrogen) atoms. The van der Waals surface area contributed by atoms with Gasteiger partial charge in [-0.3, -0.25) is 9.59 Å². The Hall–Kier alpha value is -1.50. The Bertz CT molecular complexity index is 517. The van der Waals surface area contributed by atoms with Crippen LogP contribution >= 0.6 is 11.8 Å². The van der Waals surface area contributed by atoms with E-state index in [0.29, 0.717) is 13.1 Å². The maximum Gasteiger partial charge on any atom is 0.224 e. The second-order valence-electron chi connectivity index (χ2n) is 5.62. The minimum absolute atomic E-state index is 0.0578. The number of hydrogen-bond acceptors (Lipinski definition) is 4. The molecule has 2 amide bonds. The van der Waals surface area contributed by atoms with Gasteiger partial charge in [0.25, 0.3) is 0 Å². The first kappa shape index (κ1) is 16.9. The van der Waals surface area contributed by atoms with Crippen molar-refractivity contribution in [3.8, 4) is 0 Å². The maximum absolute atomic E-state index is 12.1. The van der Waals surface area contributed by atoms with Gasteiger partial charge >= 0.3 is 0 Å². The van der Waals surface area contributed by atoms with Crippen LogP contribution in [0.1, 0.15) is 31.2 Å². The molecule has 0 radical (unpaired) electrons. The first-order valence-electron chi connectivity index (χ1n) is 7.67. The van der Waals surface area contributed by atoms with Crippen LogP contribution in [-0.2, 0) is 15.3 Å². The molecule has 0 aliphatic carbocycles. The number of H-pyrrole nitrogens is 1. The van der Waals surface area contributed by atoms with Crippen LogP contribution in [0.15, 0.2) is 6.33 Å². The number of nitrogens with one attached hydrogen (secondary N) is 2. The van der Waals surface area contributed by atoms with Gasteiger partial charge in [0.1, 0.15) is 0 Å². The van der Waals surface area contributed by atoms with E-state index in [0.717, 1.165) is 42.3 Å². The number of aryl methyl sites for hydroxylation is 1. The molecule has 0 spiro atoms. The van der Waals surface area contributed by atoms with E-state index in [1.807, 2.05) is 6.92 Å². The first-order valence-corrected chi connectivity index (χ1v) is 8.83. The third-order valence-electron chi connectivity index (χ3n) is 3.96. The zero-order valence-corrected chi connectivity index (χ0v) is 14.0. The van der Waals surface area contributed by atoms with Crippen molar-refractivity contribution >= 4 is 23.6 Å². The SMILES string of the molecule is CC(=O)N1CCC[C@@H](C(=O)NCCSCc2nc[nH]c2C)C1. The van der Waals surface area contributed by atoms with Crippen molar-refractivity contribution in [3.05, 3.63) is 17.7 Å². The number of carbonyl (C=O) groups excluding carboxylic acids is 2. The summed E-state index contributed by atoms with van der Waals surface area (Å²) in [5.41, 5.74) is 2.17. The summed E-state index contributed by atoms with van der Waals surface area (Å²) in [6.07, 6.45) is 3.48. The minimum atomic E-state index is -0.0590. The Kier molecular flexibility index (Phi) is 6.30. The predicted molar refractivity (Wildman–Crippen MR) is 87.5 cm³/mol. The molecule has 2 heterocycles. The number of hydrogen-bond donors (Lipinski definition) is 2. The lowest BCUT2D eigenvalue weighted by Gasteiger charge is -2.31. The van der Waals surface area contributed by atoms with Gasteiger partial charge in [0.2, 0.25) is 11.8 Å². The summed E-state index contributed by atoms with van der Waals surface area (Å²) in [5, 5.41) is 2.98. The van der Waals surface area contributed by atoms with E-state index in [1.165, 1.54) is 0 Å². The number of aromatic nitrogens is 2. The van der Waals surface area contributed by atoms with Crippen molar-refractivity contribution in [3.63, 3.8) is 0 Å². The lowest BCUT2D eigenvalue weighted by molar-refractivity contribution is -0.133. The topological polar surface area (TPSA) is 78.1 Å². The van der Waals surface area contributed by atoms with Crippen molar-refractivity contribution in [1.82, 2.24) is 20.2 Å². The number of amides is 2. The Morgan fingerprint density at radius 2 is 2.36 bits per heavy atom. The van der Waals surface area contributed by atoms with Gasteiger partial charge in [0.05, 0.1) is 17.9 Å². The van der Waals surface area contributed by atoms with Crippen LogP contribution < -0.4 is 5.32 Å². The Labute approximate surface area is 135 Å². The fourth-order valence-corrected chi connectivity index (χ4v) is 3.44. The summed E-state index contributed by atoms with van der Waals surface area (Å²) < 4.78 is 0. The van der Waals surface area contributed by atoms with Crippen LogP contribution in [0.2, 0.25) is 0 Å². The van der Waals surface area contributed by atoms with E-state index in [4.69, 9.17) is 0 Å². The van der Waals surface area contributed by atoms with Gasteiger partial charge in [-0.1, -0.05) is 0 Å². The minimum Gasteiger partial charge on any atom is -0.355 e. The highest BCUT2D eigenvalue weighted by molar-refractivity contribution is 7.98. The average molecular weight is 324 g/mol.